The number of pyridine rings is 1. The molecule has 3 aromatic rings. The zero-order chi connectivity index (χ0) is 22.1. The van der Waals surface area contributed by atoms with Gasteiger partial charge in [-0.3, -0.25) is 0 Å². The molecule has 0 atom stereocenters. The van der Waals surface area contributed by atoms with E-state index in [-0.39, 0.29) is 0 Å². The van der Waals surface area contributed by atoms with Crippen LogP contribution in [0.25, 0.3) is 0 Å². The van der Waals surface area contributed by atoms with E-state index in [2.05, 4.69) is 25.2 Å². The first-order chi connectivity index (χ1) is 15.0. The fraction of sp³-hybridized carbons (Fsp3) is 0.318. The largest absolute Gasteiger partial charge is 0.493 e. The Morgan fingerprint density at radius 3 is 2.84 bits per heavy atom. The number of aryl methyl sites for hydroxylation is 2. The Hall–Kier alpha value is -3.33. The smallest absolute Gasteiger partial charge is 0.170 e. The van der Waals surface area contributed by atoms with Crippen molar-refractivity contribution in [2.75, 3.05) is 31.3 Å². The summed E-state index contributed by atoms with van der Waals surface area (Å²) < 4.78 is 13.5. The maximum atomic E-state index is 5.89. The number of nitrogens with one attached hydrogen (secondary N) is 2. The fourth-order valence-corrected chi connectivity index (χ4v) is 3.26. The third-order valence-corrected chi connectivity index (χ3v) is 4.94. The lowest BCUT2D eigenvalue weighted by Crippen LogP contribution is -2.29. The topological polar surface area (TPSA) is 99.2 Å². The molecule has 0 aliphatic rings. The van der Waals surface area contributed by atoms with E-state index in [1.165, 1.54) is 0 Å². The molecule has 164 valence electrons. The number of benzene rings is 1. The highest BCUT2D eigenvalue weighted by molar-refractivity contribution is 7.80. The van der Waals surface area contributed by atoms with Gasteiger partial charge in [-0.1, -0.05) is 0 Å². The van der Waals surface area contributed by atoms with Crippen LogP contribution in [-0.2, 0) is 13.0 Å². The summed E-state index contributed by atoms with van der Waals surface area (Å²) in [7, 11) is 1.62. The highest BCUT2D eigenvalue weighted by atomic mass is 32.1. The number of ether oxygens (including phenoxy) is 2. The fourth-order valence-electron chi connectivity index (χ4n) is 3.04. The summed E-state index contributed by atoms with van der Waals surface area (Å²) in [6.45, 7) is 4.21. The van der Waals surface area contributed by atoms with Crippen LogP contribution in [0, 0.1) is 6.92 Å². The van der Waals surface area contributed by atoms with E-state index in [1.807, 2.05) is 49.8 Å². The summed E-state index contributed by atoms with van der Waals surface area (Å²) in [5.41, 5.74) is 8.77. The van der Waals surface area contributed by atoms with E-state index in [0.717, 1.165) is 42.9 Å². The Balaban J connectivity index is 1.44. The van der Waals surface area contributed by atoms with Gasteiger partial charge in [0.1, 0.15) is 5.82 Å². The molecule has 0 amide bonds. The molecular weight excluding hydrogens is 412 g/mol. The van der Waals surface area contributed by atoms with Gasteiger partial charge in [0, 0.05) is 49.4 Å². The number of hydrogen-bond donors (Lipinski definition) is 3. The minimum Gasteiger partial charge on any atom is -0.493 e. The van der Waals surface area contributed by atoms with Crippen molar-refractivity contribution < 1.29 is 9.47 Å². The number of rotatable bonds is 10. The number of nitrogens with zero attached hydrogens (tertiary/aromatic N) is 3. The average Bonchev–Trinajstić information content (AvgIpc) is 3.17. The lowest BCUT2D eigenvalue weighted by Gasteiger charge is -2.14. The molecule has 2 aromatic heterocycles. The zero-order valence-corrected chi connectivity index (χ0v) is 18.6. The van der Waals surface area contributed by atoms with E-state index in [1.54, 1.807) is 13.3 Å². The van der Waals surface area contributed by atoms with Gasteiger partial charge in [0.25, 0.3) is 0 Å². The number of nitrogens with two attached hydrogens (primary N) is 1. The van der Waals surface area contributed by atoms with Crippen molar-refractivity contribution in [3.63, 3.8) is 0 Å². The molecule has 0 unspecified atom stereocenters. The second-order valence-corrected chi connectivity index (χ2v) is 7.42. The van der Waals surface area contributed by atoms with Crippen LogP contribution in [-0.4, -0.2) is 39.9 Å². The summed E-state index contributed by atoms with van der Waals surface area (Å²) >= 11 is 5.39. The van der Waals surface area contributed by atoms with E-state index >= 15 is 0 Å². The summed E-state index contributed by atoms with van der Waals surface area (Å²) in [5, 5.41) is 6.97. The van der Waals surface area contributed by atoms with Crippen molar-refractivity contribution in [1.82, 2.24) is 19.9 Å². The Kier molecular flexibility index (Phi) is 8.05. The van der Waals surface area contributed by atoms with Gasteiger partial charge in [-0.2, -0.15) is 0 Å². The predicted octanol–water partition coefficient (Wildman–Crippen LogP) is 3.18. The highest BCUT2D eigenvalue weighted by Crippen LogP contribution is 2.30. The first-order valence-electron chi connectivity index (χ1n) is 10.1. The molecule has 31 heavy (non-hydrogen) atoms. The Morgan fingerprint density at radius 2 is 2.10 bits per heavy atom. The molecule has 0 bridgehead atoms. The number of aromatic nitrogens is 3. The van der Waals surface area contributed by atoms with Gasteiger partial charge >= 0.3 is 0 Å². The minimum atomic E-state index is 0.503. The number of anilines is 2. The molecule has 9 heteroatoms. The van der Waals surface area contributed by atoms with Crippen molar-refractivity contribution in [3.8, 4) is 11.5 Å². The van der Waals surface area contributed by atoms with Gasteiger partial charge in [0.15, 0.2) is 16.6 Å². The van der Waals surface area contributed by atoms with Crippen LogP contribution < -0.4 is 25.8 Å². The van der Waals surface area contributed by atoms with Crippen LogP contribution in [0.5, 0.6) is 11.5 Å². The molecule has 2 heterocycles. The van der Waals surface area contributed by atoms with Crippen LogP contribution in [0.4, 0.5) is 11.5 Å². The number of hydrogen-bond acceptors (Lipinski definition) is 6. The van der Waals surface area contributed by atoms with E-state index in [4.69, 9.17) is 27.4 Å². The second-order valence-electron chi connectivity index (χ2n) is 7.02. The molecule has 0 saturated carbocycles. The number of nitrogen functional groups attached to an aromatic ring is 1. The maximum absolute atomic E-state index is 5.89. The van der Waals surface area contributed by atoms with E-state index in [9.17, 15) is 0 Å². The van der Waals surface area contributed by atoms with E-state index in [0.29, 0.717) is 29.0 Å². The van der Waals surface area contributed by atoms with Gasteiger partial charge in [-0.25, -0.2) is 9.97 Å². The zero-order valence-electron chi connectivity index (χ0n) is 17.8. The molecule has 3 rings (SSSR count). The lowest BCUT2D eigenvalue weighted by atomic mass is 10.2. The van der Waals surface area contributed by atoms with Gasteiger partial charge in [0.2, 0.25) is 0 Å². The van der Waals surface area contributed by atoms with Gasteiger partial charge in [-0.05, 0) is 55.4 Å². The summed E-state index contributed by atoms with van der Waals surface area (Å²) in [6, 6.07) is 9.41. The Bertz CT molecular complexity index is 1010. The average molecular weight is 441 g/mol. The third-order valence-electron chi connectivity index (χ3n) is 4.70. The summed E-state index contributed by atoms with van der Waals surface area (Å²) in [6.07, 6.45) is 7.06. The van der Waals surface area contributed by atoms with Crippen LogP contribution in [0.15, 0.2) is 49.1 Å². The van der Waals surface area contributed by atoms with Crippen molar-refractivity contribution >= 4 is 28.8 Å². The normalized spacial score (nSPS) is 10.5. The first kappa shape index (κ1) is 22.4. The second kappa shape index (κ2) is 11.2. The molecular formula is C22H28N6O2S. The molecule has 0 fully saturated rings. The van der Waals surface area contributed by atoms with Crippen LogP contribution in [0.2, 0.25) is 0 Å². The molecule has 0 aliphatic carbocycles. The molecule has 0 spiro atoms. The van der Waals surface area contributed by atoms with Crippen molar-refractivity contribution in [3.05, 3.63) is 60.3 Å². The third kappa shape index (κ3) is 6.85. The van der Waals surface area contributed by atoms with Crippen molar-refractivity contribution in [2.45, 2.75) is 26.3 Å². The molecule has 4 N–H and O–H groups in total. The van der Waals surface area contributed by atoms with Crippen LogP contribution in [0.3, 0.4) is 0 Å². The monoisotopic (exact) mass is 440 g/mol. The maximum Gasteiger partial charge on any atom is 0.170 e. The Morgan fingerprint density at radius 1 is 1.23 bits per heavy atom. The standard InChI is InChI=1S/C22H28N6O2S/c1-16-14-24-15-28(16)10-3-8-26-22(31)27-18-4-5-19(20(13-18)29-2)30-11-7-17-6-9-25-21(23)12-17/h4-6,9,12-15H,3,7-8,10-11H2,1-2H3,(H2,23,25)(H2,26,27,31). The molecule has 0 radical (unpaired) electrons. The predicted molar refractivity (Wildman–Crippen MR) is 127 cm³/mol. The number of methoxy groups -OCH3 is 1. The quantitative estimate of drug-likeness (QED) is 0.327. The lowest BCUT2D eigenvalue weighted by molar-refractivity contribution is 0.298. The van der Waals surface area contributed by atoms with Gasteiger partial charge in [0.05, 0.1) is 20.0 Å². The van der Waals surface area contributed by atoms with E-state index < -0.39 is 0 Å². The summed E-state index contributed by atoms with van der Waals surface area (Å²) in [5.74, 6) is 1.81. The van der Waals surface area contributed by atoms with Crippen molar-refractivity contribution in [2.24, 2.45) is 0 Å². The SMILES string of the molecule is COc1cc(NC(=S)NCCCn2cncc2C)ccc1OCCc1ccnc(N)c1. The first-order valence-corrected chi connectivity index (χ1v) is 10.5. The van der Waals surface area contributed by atoms with Crippen LogP contribution >= 0.6 is 12.2 Å². The number of thiocarbonyl (C=S) groups is 1. The highest BCUT2D eigenvalue weighted by Gasteiger charge is 2.07. The van der Waals surface area contributed by atoms with Crippen LogP contribution in [0.1, 0.15) is 17.7 Å². The molecule has 1 aromatic carbocycles. The molecule has 0 aliphatic heterocycles. The molecule has 0 saturated heterocycles. The van der Waals surface area contributed by atoms with Gasteiger partial charge < -0.3 is 30.4 Å². The Labute approximate surface area is 187 Å². The van der Waals surface area contributed by atoms with Crippen molar-refractivity contribution in [1.29, 1.82) is 0 Å². The summed E-state index contributed by atoms with van der Waals surface area (Å²) in [4.78, 5) is 8.12. The van der Waals surface area contributed by atoms with Gasteiger partial charge in [-0.15, -0.1) is 0 Å². The minimum absolute atomic E-state index is 0.503. The number of imidazole rings is 1. The molecule has 8 nitrogen and oxygen atoms in total.